The Morgan fingerprint density at radius 1 is 1.03 bits per heavy atom. The number of rotatable bonds is 5. The smallest absolute Gasteiger partial charge is 0.253 e. The van der Waals surface area contributed by atoms with Gasteiger partial charge in [0.05, 0.1) is 6.54 Å². The molecule has 0 saturated carbocycles. The van der Waals surface area contributed by atoms with Crippen molar-refractivity contribution in [3.8, 4) is 11.4 Å². The summed E-state index contributed by atoms with van der Waals surface area (Å²) < 4.78 is 18.4. The molecule has 0 atom stereocenters. The van der Waals surface area contributed by atoms with Crippen LogP contribution in [0, 0.1) is 5.82 Å². The molecule has 0 bridgehead atoms. The highest BCUT2D eigenvalue weighted by atomic mass is 19.1. The van der Waals surface area contributed by atoms with Gasteiger partial charge >= 0.3 is 0 Å². The molecule has 0 spiro atoms. The van der Waals surface area contributed by atoms with Crippen LogP contribution in [0.3, 0.4) is 0 Å². The minimum atomic E-state index is -0.300. The van der Waals surface area contributed by atoms with E-state index in [0.29, 0.717) is 36.9 Å². The van der Waals surface area contributed by atoms with Crippen LogP contribution >= 0.6 is 0 Å². The number of hydrogen-bond acceptors (Lipinski definition) is 5. The van der Waals surface area contributed by atoms with Crippen LogP contribution < -0.4 is 0 Å². The molecule has 4 rings (SSSR count). The first-order valence-corrected chi connectivity index (χ1v) is 9.81. The Balaban J connectivity index is 1.32. The van der Waals surface area contributed by atoms with Crippen LogP contribution in [-0.2, 0) is 13.0 Å². The van der Waals surface area contributed by atoms with Gasteiger partial charge in [-0.15, -0.1) is 0 Å². The Morgan fingerprint density at radius 2 is 1.72 bits per heavy atom. The average molecular weight is 394 g/mol. The second kappa shape index (κ2) is 8.53. The Kier molecular flexibility index (Phi) is 5.67. The lowest BCUT2D eigenvalue weighted by atomic mass is 10.1. The van der Waals surface area contributed by atoms with E-state index in [0.717, 1.165) is 25.1 Å². The molecule has 1 aliphatic rings. The van der Waals surface area contributed by atoms with Crippen LogP contribution in [-0.4, -0.2) is 52.0 Å². The maximum Gasteiger partial charge on any atom is 0.253 e. The molecule has 1 aliphatic heterocycles. The van der Waals surface area contributed by atoms with Gasteiger partial charge in [0.2, 0.25) is 11.7 Å². The van der Waals surface area contributed by atoms with E-state index in [4.69, 9.17) is 4.52 Å². The van der Waals surface area contributed by atoms with Gasteiger partial charge in [0, 0.05) is 37.3 Å². The summed E-state index contributed by atoms with van der Waals surface area (Å²) in [4.78, 5) is 21.2. The average Bonchev–Trinajstić information content (AvgIpc) is 3.23. The summed E-state index contributed by atoms with van der Waals surface area (Å²) in [7, 11) is 0. The van der Waals surface area contributed by atoms with E-state index in [1.54, 1.807) is 12.1 Å². The van der Waals surface area contributed by atoms with Crippen molar-refractivity contribution < 1.29 is 13.7 Å². The number of carbonyl (C=O) groups excluding carboxylic acids is 1. The summed E-state index contributed by atoms with van der Waals surface area (Å²) in [5, 5.41) is 3.98. The standard InChI is InChI=1S/C22H23FN4O2/c1-2-16-3-5-18(6-4-16)22(28)27-13-11-26(12-14-27)15-20-24-21(25-29-20)17-7-9-19(23)10-8-17/h3-10H,2,11-15H2,1H3. The van der Waals surface area contributed by atoms with E-state index in [2.05, 4.69) is 22.0 Å². The summed E-state index contributed by atoms with van der Waals surface area (Å²) in [6, 6.07) is 13.8. The summed E-state index contributed by atoms with van der Waals surface area (Å²) in [5.41, 5.74) is 2.67. The predicted molar refractivity (Wildman–Crippen MR) is 107 cm³/mol. The molecular weight excluding hydrogens is 371 g/mol. The van der Waals surface area contributed by atoms with Gasteiger partial charge in [-0.25, -0.2) is 4.39 Å². The van der Waals surface area contributed by atoms with E-state index in [9.17, 15) is 9.18 Å². The molecule has 0 aliphatic carbocycles. The molecular formula is C22H23FN4O2. The maximum atomic E-state index is 13.0. The third-order valence-corrected chi connectivity index (χ3v) is 5.20. The molecule has 2 heterocycles. The van der Waals surface area contributed by atoms with Crippen LogP contribution in [0.1, 0.15) is 28.7 Å². The number of aromatic nitrogens is 2. The SMILES string of the molecule is CCc1ccc(C(=O)N2CCN(Cc3nc(-c4ccc(F)cc4)no3)CC2)cc1. The van der Waals surface area contributed by atoms with Crippen molar-refractivity contribution in [2.24, 2.45) is 0 Å². The molecule has 1 aromatic heterocycles. The lowest BCUT2D eigenvalue weighted by molar-refractivity contribution is 0.0615. The highest BCUT2D eigenvalue weighted by molar-refractivity contribution is 5.94. The summed E-state index contributed by atoms with van der Waals surface area (Å²) >= 11 is 0. The quantitative estimate of drug-likeness (QED) is 0.664. The fourth-order valence-corrected chi connectivity index (χ4v) is 3.40. The van der Waals surface area contributed by atoms with Crippen LogP contribution in [0.4, 0.5) is 4.39 Å². The van der Waals surface area contributed by atoms with Gasteiger partial charge in [-0.05, 0) is 48.4 Å². The summed E-state index contributed by atoms with van der Waals surface area (Å²) in [5.74, 6) is 0.735. The lowest BCUT2D eigenvalue weighted by Crippen LogP contribution is -2.48. The van der Waals surface area contributed by atoms with Crippen molar-refractivity contribution in [2.75, 3.05) is 26.2 Å². The number of aryl methyl sites for hydroxylation is 1. The molecule has 0 radical (unpaired) electrons. The third-order valence-electron chi connectivity index (χ3n) is 5.20. The number of nitrogens with zero attached hydrogens (tertiary/aromatic N) is 4. The number of halogens is 1. The van der Waals surface area contributed by atoms with Gasteiger partial charge in [0.15, 0.2) is 0 Å². The minimum absolute atomic E-state index is 0.0729. The number of hydrogen-bond donors (Lipinski definition) is 0. The first kappa shape index (κ1) is 19.3. The molecule has 1 fully saturated rings. The second-order valence-electron chi connectivity index (χ2n) is 7.14. The largest absolute Gasteiger partial charge is 0.338 e. The van der Waals surface area contributed by atoms with Gasteiger partial charge in [-0.2, -0.15) is 4.98 Å². The minimum Gasteiger partial charge on any atom is -0.338 e. The zero-order valence-corrected chi connectivity index (χ0v) is 16.3. The molecule has 29 heavy (non-hydrogen) atoms. The Labute approximate surface area is 168 Å². The lowest BCUT2D eigenvalue weighted by Gasteiger charge is -2.34. The van der Waals surface area contributed by atoms with Crippen molar-refractivity contribution in [1.82, 2.24) is 19.9 Å². The molecule has 0 unspecified atom stereocenters. The predicted octanol–water partition coefficient (Wildman–Crippen LogP) is 3.40. The molecule has 7 heteroatoms. The van der Waals surface area contributed by atoms with Crippen molar-refractivity contribution >= 4 is 5.91 Å². The second-order valence-corrected chi connectivity index (χ2v) is 7.14. The number of amides is 1. The van der Waals surface area contributed by atoms with Crippen LogP contribution in [0.2, 0.25) is 0 Å². The molecule has 1 amide bonds. The third kappa shape index (κ3) is 4.51. The first-order valence-electron chi connectivity index (χ1n) is 9.81. The van der Waals surface area contributed by atoms with E-state index in [1.165, 1.54) is 17.7 Å². The van der Waals surface area contributed by atoms with Crippen LogP contribution in [0.5, 0.6) is 0 Å². The van der Waals surface area contributed by atoms with Crippen LogP contribution in [0.15, 0.2) is 53.1 Å². The van der Waals surface area contributed by atoms with Crippen molar-refractivity contribution in [1.29, 1.82) is 0 Å². The van der Waals surface area contributed by atoms with Gasteiger partial charge < -0.3 is 9.42 Å². The van der Waals surface area contributed by atoms with Crippen molar-refractivity contribution in [3.63, 3.8) is 0 Å². The van der Waals surface area contributed by atoms with Gasteiger partial charge in [-0.3, -0.25) is 9.69 Å². The molecule has 150 valence electrons. The normalized spacial score (nSPS) is 14.9. The highest BCUT2D eigenvalue weighted by Crippen LogP contribution is 2.17. The molecule has 6 nitrogen and oxygen atoms in total. The zero-order valence-electron chi connectivity index (χ0n) is 16.3. The monoisotopic (exact) mass is 394 g/mol. The summed E-state index contributed by atoms with van der Waals surface area (Å²) in [6.07, 6.45) is 0.964. The topological polar surface area (TPSA) is 62.5 Å². The van der Waals surface area contributed by atoms with E-state index < -0.39 is 0 Å². The highest BCUT2D eigenvalue weighted by Gasteiger charge is 2.23. The van der Waals surface area contributed by atoms with E-state index in [1.807, 2.05) is 29.2 Å². The molecule has 3 aromatic rings. The van der Waals surface area contributed by atoms with E-state index in [-0.39, 0.29) is 11.7 Å². The number of carbonyl (C=O) groups is 1. The molecule has 0 N–H and O–H groups in total. The summed E-state index contributed by atoms with van der Waals surface area (Å²) in [6.45, 7) is 5.43. The van der Waals surface area contributed by atoms with Gasteiger partial charge in [0.1, 0.15) is 5.82 Å². The van der Waals surface area contributed by atoms with Crippen LogP contribution in [0.25, 0.3) is 11.4 Å². The Morgan fingerprint density at radius 3 is 2.38 bits per heavy atom. The first-order chi connectivity index (χ1) is 14.1. The number of benzene rings is 2. The van der Waals surface area contributed by atoms with Gasteiger partial charge in [-0.1, -0.05) is 24.2 Å². The van der Waals surface area contributed by atoms with Crippen molar-refractivity contribution in [3.05, 3.63) is 71.4 Å². The Bertz CT molecular complexity index is 961. The van der Waals surface area contributed by atoms with Gasteiger partial charge in [0.25, 0.3) is 5.91 Å². The van der Waals surface area contributed by atoms with Crippen molar-refractivity contribution in [2.45, 2.75) is 19.9 Å². The molecule has 2 aromatic carbocycles. The fourth-order valence-electron chi connectivity index (χ4n) is 3.40. The molecule has 1 saturated heterocycles. The number of piperazine rings is 1. The Hall–Kier alpha value is -3.06. The maximum absolute atomic E-state index is 13.0. The fraction of sp³-hybridized carbons (Fsp3) is 0.318. The zero-order chi connectivity index (χ0) is 20.2. The van der Waals surface area contributed by atoms with E-state index >= 15 is 0 Å².